The summed E-state index contributed by atoms with van der Waals surface area (Å²) in [5.74, 6) is -0.877. The maximum absolute atomic E-state index is 12.7. The van der Waals surface area contributed by atoms with Crippen LogP contribution in [-0.4, -0.2) is 5.97 Å². The van der Waals surface area contributed by atoms with Crippen LogP contribution in [0.5, 0.6) is 11.5 Å². The average molecular weight is 515 g/mol. The van der Waals surface area contributed by atoms with E-state index in [4.69, 9.17) is 19.6 Å². The average Bonchev–Trinajstić information content (AvgIpc) is 2.83. The predicted octanol–water partition coefficient (Wildman–Crippen LogP) is 4.99. The van der Waals surface area contributed by atoms with Crippen LogP contribution in [-0.2, 0) is 0 Å². The van der Waals surface area contributed by atoms with Crippen LogP contribution < -0.4 is 20.8 Å². The quantitative estimate of drug-likeness (QED) is 0.232. The van der Waals surface area contributed by atoms with E-state index in [-0.39, 0.29) is 22.8 Å². The van der Waals surface area contributed by atoms with Crippen molar-refractivity contribution in [3.05, 3.63) is 116 Å². The van der Waals surface area contributed by atoms with Gasteiger partial charge in [0.1, 0.15) is 34.3 Å². The minimum atomic E-state index is -0.862. The minimum absolute atomic E-state index is 0.0330. The molecule has 0 radical (unpaired) electrons. The zero-order chi connectivity index (χ0) is 23.8. The van der Waals surface area contributed by atoms with E-state index in [1.807, 2.05) is 24.3 Å². The van der Waals surface area contributed by atoms with Crippen LogP contribution in [0.3, 0.4) is 0 Å². The highest BCUT2D eigenvalue weighted by Crippen LogP contribution is 2.45. The number of ether oxygens (including phenoxy) is 2. The summed E-state index contributed by atoms with van der Waals surface area (Å²) in [4.78, 5) is 25.0. The van der Waals surface area contributed by atoms with Crippen molar-refractivity contribution in [2.75, 3.05) is 0 Å². The summed E-state index contributed by atoms with van der Waals surface area (Å²) in [6.07, 6.45) is 0. The van der Waals surface area contributed by atoms with Crippen LogP contribution in [0.2, 0.25) is 0 Å². The van der Waals surface area contributed by atoms with Crippen molar-refractivity contribution in [1.82, 2.24) is 0 Å². The maximum Gasteiger partial charge on any atom is 0.351 e. The second kappa shape index (κ2) is 8.54. The van der Waals surface area contributed by atoms with Crippen molar-refractivity contribution in [1.29, 1.82) is 5.26 Å². The molecule has 5 rings (SSSR count). The summed E-state index contributed by atoms with van der Waals surface area (Å²) >= 11 is 3.54. The van der Waals surface area contributed by atoms with Gasteiger partial charge in [-0.15, -0.1) is 0 Å². The molecule has 0 bridgehead atoms. The molecular formula is C26H15BrN2O5. The van der Waals surface area contributed by atoms with Gasteiger partial charge in [0, 0.05) is 21.5 Å². The number of esters is 1. The Morgan fingerprint density at radius 1 is 1.03 bits per heavy atom. The molecule has 34 heavy (non-hydrogen) atoms. The first kappa shape index (κ1) is 21.5. The molecule has 2 N–H and O–H groups in total. The SMILES string of the molecule is N#CC1=C(N)Oc2cc(OC(=O)c3cc4ccccc4oc3=O)ccc2C1c1ccccc1Br. The van der Waals surface area contributed by atoms with Gasteiger partial charge < -0.3 is 19.6 Å². The van der Waals surface area contributed by atoms with Crippen LogP contribution in [0, 0.1) is 11.3 Å². The highest BCUT2D eigenvalue weighted by Gasteiger charge is 2.32. The van der Waals surface area contributed by atoms with Crippen LogP contribution in [0.1, 0.15) is 27.4 Å². The first-order chi connectivity index (χ1) is 16.5. The molecule has 1 unspecified atom stereocenters. The second-order valence-electron chi connectivity index (χ2n) is 7.52. The van der Waals surface area contributed by atoms with Crippen LogP contribution >= 0.6 is 15.9 Å². The Labute approximate surface area is 201 Å². The summed E-state index contributed by atoms with van der Waals surface area (Å²) in [6, 6.07) is 22.7. The van der Waals surface area contributed by atoms with Crippen molar-refractivity contribution >= 4 is 32.9 Å². The fourth-order valence-electron chi connectivity index (χ4n) is 3.89. The smallest absolute Gasteiger partial charge is 0.351 e. The summed E-state index contributed by atoms with van der Waals surface area (Å²) in [6.45, 7) is 0. The number of carbonyl (C=O) groups is 1. The molecular weight excluding hydrogens is 500 g/mol. The molecule has 4 aromatic rings. The number of hydrogen-bond acceptors (Lipinski definition) is 7. The van der Waals surface area contributed by atoms with E-state index in [2.05, 4.69) is 22.0 Å². The van der Waals surface area contributed by atoms with Crippen LogP contribution in [0.15, 0.2) is 97.9 Å². The number of carbonyl (C=O) groups excluding carboxylic acids is 1. The van der Waals surface area contributed by atoms with Gasteiger partial charge in [0.05, 0.1) is 5.92 Å². The Kier molecular flexibility index (Phi) is 5.40. The topological polar surface area (TPSA) is 116 Å². The number of nitrogens with zero attached hydrogens (tertiary/aromatic N) is 1. The molecule has 0 amide bonds. The van der Waals surface area contributed by atoms with Gasteiger partial charge in [-0.05, 0) is 29.8 Å². The van der Waals surface area contributed by atoms with E-state index in [1.165, 1.54) is 12.1 Å². The zero-order valence-electron chi connectivity index (χ0n) is 17.4. The molecule has 0 aliphatic carbocycles. The van der Waals surface area contributed by atoms with Gasteiger partial charge in [-0.2, -0.15) is 5.26 Å². The first-order valence-electron chi connectivity index (χ1n) is 10.2. The molecule has 7 nitrogen and oxygen atoms in total. The fraction of sp³-hybridized carbons (Fsp3) is 0.0385. The van der Waals surface area contributed by atoms with E-state index in [0.29, 0.717) is 22.3 Å². The number of allylic oxidation sites excluding steroid dienone is 1. The highest BCUT2D eigenvalue weighted by atomic mass is 79.9. The highest BCUT2D eigenvalue weighted by molar-refractivity contribution is 9.10. The van der Waals surface area contributed by atoms with Crippen LogP contribution in [0.25, 0.3) is 11.0 Å². The number of fused-ring (bicyclic) bond motifs is 2. The normalized spacial score (nSPS) is 14.8. The van der Waals surface area contributed by atoms with Gasteiger partial charge in [-0.1, -0.05) is 58.4 Å². The standard InChI is InChI=1S/C26H15BrN2O5/c27-20-7-3-2-6-16(20)23-17-10-9-15(12-22(17)33-24(29)19(23)13-28)32-25(30)18-11-14-5-1-4-8-21(14)34-26(18)31/h1-12,23H,29H2. The van der Waals surface area contributed by atoms with Crippen molar-refractivity contribution in [3.8, 4) is 17.6 Å². The molecule has 3 aromatic carbocycles. The van der Waals surface area contributed by atoms with Gasteiger partial charge in [-0.3, -0.25) is 0 Å². The number of nitrogens with two attached hydrogens (primary N) is 1. The van der Waals surface area contributed by atoms with Crippen molar-refractivity contribution < 1.29 is 18.7 Å². The molecule has 0 fully saturated rings. The Morgan fingerprint density at radius 3 is 2.59 bits per heavy atom. The van der Waals surface area contributed by atoms with E-state index < -0.39 is 17.5 Å². The van der Waals surface area contributed by atoms with Crippen LogP contribution in [0.4, 0.5) is 0 Å². The predicted molar refractivity (Wildman–Crippen MR) is 127 cm³/mol. The molecule has 1 aromatic heterocycles. The molecule has 8 heteroatoms. The molecule has 0 saturated carbocycles. The largest absolute Gasteiger partial charge is 0.440 e. The number of benzene rings is 3. The number of rotatable bonds is 3. The van der Waals surface area contributed by atoms with Crippen molar-refractivity contribution in [3.63, 3.8) is 0 Å². The summed E-state index contributed by atoms with van der Waals surface area (Å²) in [5.41, 5.74) is 7.21. The monoisotopic (exact) mass is 514 g/mol. The number of nitriles is 1. The lowest BCUT2D eigenvalue weighted by molar-refractivity contribution is 0.0730. The van der Waals surface area contributed by atoms with Gasteiger partial charge in [0.25, 0.3) is 0 Å². The molecule has 2 heterocycles. The first-order valence-corrected chi connectivity index (χ1v) is 11.0. The van der Waals surface area contributed by atoms with E-state index in [9.17, 15) is 14.9 Å². The van der Waals surface area contributed by atoms with Gasteiger partial charge in [-0.25, -0.2) is 9.59 Å². The Balaban J connectivity index is 1.51. The summed E-state index contributed by atoms with van der Waals surface area (Å²) < 4.78 is 17.2. The maximum atomic E-state index is 12.7. The molecule has 166 valence electrons. The molecule has 1 aliphatic rings. The van der Waals surface area contributed by atoms with E-state index >= 15 is 0 Å². The minimum Gasteiger partial charge on any atom is -0.440 e. The van der Waals surface area contributed by atoms with Gasteiger partial charge >= 0.3 is 11.6 Å². The number of para-hydroxylation sites is 1. The molecule has 0 saturated heterocycles. The van der Waals surface area contributed by atoms with Crippen molar-refractivity contribution in [2.45, 2.75) is 5.92 Å². The lowest BCUT2D eigenvalue weighted by atomic mass is 9.83. The Bertz CT molecular complexity index is 1600. The fourth-order valence-corrected chi connectivity index (χ4v) is 4.41. The van der Waals surface area contributed by atoms with E-state index in [0.717, 1.165) is 10.0 Å². The Hall–Kier alpha value is -4.35. The lowest BCUT2D eigenvalue weighted by Crippen LogP contribution is -2.22. The molecule has 1 aliphatic heterocycles. The zero-order valence-corrected chi connectivity index (χ0v) is 19.0. The third kappa shape index (κ3) is 3.72. The third-order valence-corrected chi connectivity index (χ3v) is 6.20. The lowest BCUT2D eigenvalue weighted by Gasteiger charge is -2.27. The second-order valence-corrected chi connectivity index (χ2v) is 8.38. The Morgan fingerprint density at radius 2 is 1.79 bits per heavy atom. The molecule has 1 atom stereocenters. The molecule has 0 spiro atoms. The van der Waals surface area contributed by atoms with Gasteiger partial charge in [0.2, 0.25) is 5.88 Å². The summed E-state index contributed by atoms with van der Waals surface area (Å²) in [5, 5.41) is 10.3. The van der Waals surface area contributed by atoms with E-state index in [1.54, 1.807) is 36.4 Å². The van der Waals surface area contributed by atoms with Crippen molar-refractivity contribution in [2.24, 2.45) is 5.73 Å². The third-order valence-electron chi connectivity index (χ3n) is 5.48. The number of hydrogen-bond donors (Lipinski definition) is 1. The number of halogens is 1. The summed E-state index contributed by atoms with van der Waals surface area (Å²) in [7, 11) is 0. The van der Waals surface area contributed by atoms with Gasteiger partial charge in [0.15, 0.2) is 0 Å².